The van der Waals surface area contributed by atoms with Crippen LogP contribution in [0, 0.1) is 6.92 Å². The molecule has 3 aromatic carbocycles. The van der Waals surface area contributed by atoms with Gasteiger partial charge in [0.25, 0.3) is 5.91 Å². The normalized spacial score (nSPS) is 10.8. The number of nitrogens with zero attached hydrogens (tertiary/aromatic N) is 2. The number of benzene rings is 3. The lowest BCUT2D eigenvalue weighted by molar-refractivity contribution is 0.102. The quantitative estimate of drug-likeness (QED) is 0.406. The Balaban J connectivity index is 1.73. The number of carbonyl (C=O) groups is 1. The minimum Gasteiger partial charge on any atom is -0.372 e. The third-order valence-electron chi connectivity index (χ3n) is 5.66. The number of carbonyl (C=O) groups excluding carboxylic acids is 1. The van der Waals surface area contributed by atoms with Crippen molar-refractivity contribution in [1.29, 1.82) is 0 Å². The van der Waals surface area contributed by atoms with Crippen molar-refractivity contribution >= 4 is 28.2 Å². The summed E-state index contributed by atoms with van der Waals surface area (Å²) in [7, 11) is 0. The van der Waals surface area contributed by atoms with Gasteiger partial charge in [0.05, 0.1) is 16.8 Å². The second kappa shape index (κ2) is 9.00. The summed E-state index contributed by atoms with van der Waals surface area (Å²) in [5.41, 5.74) is 6.13. The van der Waals surface area contributed by atoms with E-state index in [1.807, 2.05) is 73.7 Å². The van der Waals surface area contributed by atoms with Crippen molar-refractivity contribution in [3.63, 3.8) is 0 Å². The van der Waals surface area contributed by atoms with Gasteiger partial charge in [0, 0.05) is 35.4 Å². The smallest absolute Gasteiger partial charge is 0.256 e. The Labute approximate surface area is 183 Å². The third-order valence-corrected chi connectivity index (χ3v) is 5.66. The van der Waals surface area contributed by atoms with Crippen molar-refractivity contribution in [2.75, 3.05) is 23.3 Å². The molecule has 0 unspecified atom stereocenters. The average molecular weight is 410 g/mol. The highest BCUT2D eigenvalue weighted by Crippen LogP contribution is 2.30. The van der Waals surface area contributed by atoms with Gasteiger partial charge in [0.2, 0.25) is 0 Å². The van der Waals surface area contributed by atoms with Crippen molar-refractivity contribution < 1.29 is 4.79 Å². The first-order valence-corrected chi connectivity index (χ1v) is 10.7. The highest BCUT2D eigenvalue weighted by atomic mass is 16.1. The van der Waals surface area contributed by atoms with Crippen molar-refractivity contribution in [3.05, 3.63) is 90.0 Å². The Morgan fingerprint density at radius 2 is 1.52 bits per heavy atom. The van der Waals surface area contributed by atoms with Crippen LogP contribution in [0.25, 0.3) is 22.2 Å². The van der Waals surface area contributed by atoms with Gasteiger partial charge in [-0.15, -0.1) is 0 Å². The van der Waals surface area contributed by atoms with Gasteiger partial charge in [0.15, 0.2) is 0 Å². The molecule has 4 aromatic rings. The van der Waals surface area contributed by atoms with Crippen LogP contribution in [0.2, 0.25) is 0 Å². The Hall–Kier alpha value is -3.66. The molecule has 156 valence electrons. The Morgan fingerprint density at radius 3 is 2.19 bits per heavy atom. The number of fused-ring (bicyclic) bond motifs is 1. The lowest BCUT2D eigenvalue weighted by Gasteiger charge is -2.21. The van der Waals surface area contributed by atoms with E-state index in [0.717, 1.165) is 52.2 Å². The summed E-state index contributed by atoms with van der Waals surface area (Å²) in [5.74, 6) is -0.121. The van der Waals surface area contributed by atoms with Crippen LogP contribution in [0.3, 0.4) is 0 Å². The molecule has 1 N–H and O–H groups in total. The van der Waals surface area contributed by atoms with Crippen molar-refractivity contribution in [2.45, 2.75) is 20.8 Å². The number of aromatic nitrogens is 1. The molecule has 0 aliphatic carbocycles. The molecule has 4 heteroatoms. The fraction of sp³-hybridized carbons (Fsp3) is 0.185. The van der Waals surface area contributed by atoms with Gasteiger partial charge < -0.3 is 10.2 Å². The number of amides is 1. The molecule has 0 saturated carbocycles. The molecule has 0 bridgehead atoms. The summed E-state index contributed by atoms with van der Waals surface area (Å²) < 4.78 is 0. The van der Waals surface area contributed by atoms with Crippen LogP contribution in [-0.2, 0) is 0 Å². The van der Waals surface area contributed by atoms with E-state index >= 15 is 0 Å². The van der Waals surface area contributed by atoms with Crippen molar-refractivity contribution in [2.24, 2.45) is 0 Å². The number of nitrogens with one attached hydrogen (secondary N) is 1. The predicted molar refractivity (Wildman–Crippen MR) is 130 cm³/mol. The molecule has 0 saturated heterocycles. The van der Waals surface area contributed by atoms with Gasteiger partial charge in [0.1, 0.15) is 0 Å². The summed E-state index contributed by atoms with van der Waals surface area (Å²) in [4.78, 5) is 20.5. The minimum atomic E-state index is -0.121. The van der Waals surface area contributed by atoms with Crippen LogP contribution >= 0.6 is 0 Å². The molecule has 1 aromatic heterocycles. The SMILES string of the molecule is CCN(CC)c1ccc(NC(=O)c2c(C)c(-c3ccccc3)nc3ccccc23)cc1. The first-order chi connectivity index (χ1) is 15.1. The van der Waals surface area contributed by atoms with E-state index in [0.29, 0.717) is 5.56 Å². The molecule has 0 atom stereocenters. The van der Waals surface area contributed by atoms with Gasteiger partial charge in [-0.2, -0.15) is 0 Å². The molecule has 0 fully saturated rings. The molecule has 4 nitrogen and oxygen atoms in total. The minimum absolute atomic E-state index is 0.121. The van der Waals surface area contributed by atoms with Crippen LogP contribution in [0.4, 0.5) is 11.4 Å². The second-order valence-electron chi connectivity index (χ2n) is 7.52. The zero-order valence-corrected chi connectivity index (χ0v) is 18.2. The third kappa shape index (κ3) is 4.15. The van der Waals surface area contributed by atoms with E-state index in [9.17, 15) is 4.79 Å². The summed E-state index contributed by atoms with van der Waals surface area (Å²) in [6.45, 7) is 8.15. The number of para-hydroxylation sites is 1. The van der Waals surface area contributed by atoms with Crippen molar-refractivity contribution in [3.8, 4) is 11.3 Å². The molecule has 0 aliphatic heterocycles. The van der Waals surface area contributed by atoms with Gasteiger partial charge in [-0.1, -0.05) is 48.5 Å². The maximum absolute atomic E-state index is 13.4. The van der Waals surface area contributed by atoms with Crippen LogP contribution < -0.4 is 10.2 Å². The molecule has 1 amide bonds. The van der Waals surface area contributed by atoms with E-state index in [4.69, 9.17) is 4.98 Å². The monoisotopic (exact) mass is 409 g/mol. The van der Waals surface area contributed by atoms with Gasteiger partial charge in [-0.3, -0.25) is 4.79 Å². The van der Waals surface area contributed by atoms with Gasteiger partial charge in [-0.05, 0) is 56.7 Å². The van der Waals surface area contributed by atoms with Crippen molar-refractivity contribution in [1.82, 2.24) is 4.98 Å². The number of rotatable bonds is 6. The largest absolute Gasteiger partial charge is 0.372 e. The Morgan fingerprint density at radius 1 is 0.871 bits per heavy atom. The standard InChI is InChI=1S/C27H27N3O/c1-4-30(5-2)22-17-15-21(16-18-22)28-27(31)25-19(3)26(20-11-7-6-8-12-20)29-24-14-10-9-13-23(24)25/h6-18H,4-5H2,1-3H3,(H,28,31). The molecule has 0 aliphatic rings. The summed E-state index contributed by atoms with van der Waals surface area (Å²) in [6, 6.07) is 25.8. The van der Waals surface area contributed by atoms with Crippen LogP contribution in [0.5, 0.6) is 0 Å². The molecule has 4 rings (SSSR count). The zero-order chi connectivity index (χ0) is 21.8. The first-order valence-electron chi connectivity index (χ1n) is 10.7. The van der Waals surface area contributed by atoms with E-state index in [2.05, 4.69) is 36.2 Å². The maximum atomic E-state index is 13.4. The molecule has 31 heavy (non-hydrogen) atoms. The van der Waals surface area contributed by atoms with E-state index in [1.54, 1.807) is 0 Å². The maximum Gasteiger partial charge on any atom is 0.256 e. The Bertz CT molecular complexity index is 1200. The molecule has 0 spiro atoms. The highest BCUT2D eigenvalue weighted by molar-refractivity contribution is 6.14. The molecular formula is C27H27N3O. The van der Waals surface area contributed by atoms with Crippen LogP contribution in [0.15, 0.2) is 78.9 Å². The number of hydrogen-bond donors (Lipinski definition) is 1. The van der Waals surface area contributed by atoms with E-state index in [-0.39, 0.29) is 5.91 Å². The first kappa shape index (κ1) is 20.6. The number of hydrogen-bond acceptors (Lipinski definition) is 3. The lowest BCUT2D eigenvalue weighted by atomic mass is 9.97. The van der Waals surface area contributed by atoms with Crippen LogP contribution in [-0.4, -0.2) is 24.0 Å². The summed E-state index contributed by atoms with van der Waals surface area (Å²) >= 11 is 0. The number of pyridine rings is 1. The predicted octanol–water partition coefficient (Wildman–Crippen LogP) is 6.31. The molecule has 0 radical (unpaired) electrons. The van der Waals surface area contributed by atoms with Gasteiger partial charge in [-0.25, -0.2) is 4.98 Å². The fourth-order valence-electron chi connectivity index (χ4n) is 4.01. The fourth-order valence-corrected chi connectivity index (χ4v) is 4.01. The Kier molecular flexibility index (Phi) is 5.99. The summed E-state index contributed by atoms with van der Waals surface area (Å²) in [5, 5.41) is 3.95. The van der Waals surface area contributed by atoms with E-state index < -0.39 is 0 Å². The molecule has 1 heterocycles. The average Bonchev–Trinajstić information content (AvgIpc) is 2.81. The topological polar surface area (TPSA) is 45.2 Å². The van der Waals surface area contributed by atoms with E-state index in [1.165, 1.54) is 0 Å². The zero-order valence-electron chi connectivity index (χ0n) is 18.2. The summed E-state index contributed by atoms with van der Waals surface area (Å²) in [6.07, 6.45) is 0. The second-order valence-corrected chi connectivity index (χ2v) is 7.52. The van der Waals surface area contributed by atoms with Crippen LogP contribution in [0.1, 0.15) is 29.8 Å². The highest BCUT2D eigenvalue weighted by Gasteiger charge is 2.19. The number of anilines is 2. The van der Waals surface area contributed by atoms with Gasteiger partial charge >= 0.3 is 0 Å². The lowest BCUT2D eigenvalue weighted by Crippen LogP contribution is -2.21. The molecular weight excluding hydrogens is 382 g/mol.